The van der Waals surface area contributed by atoms with E-state index in [9.17, 15) is 4.79 Å². The third kappa shape index (κ3) is 1.75. The van der Waals surface area contributed by atoms with Gasteiger partial charge in [-0.25, -0.2) is 4.79 Å². The Morgan fingerprint density at radius 1 is 1.50 bits per heavy atom. The van der Waals surface area contributed by atoms with Gasteiger partial charge in [0.2, 0.25) is 0 Å². The molecule has 0 bridgehead atoms. The molecule has 1 N–H and O–H groups in total. The summed E-state index contributed by atoms with van der Waals surface area (Å²) in [6, 6.07) is 6.59. The highest BCUT2D eigenvalue weighted by atomic mass is 16.5. The normalized spacial score (nSPS) is 11.1. The Labute approximate surface area is 90.9 Å². The second kappa shape index (κ2) is 4.06. The Morgan fingerprint density at radius 3 is 3.00 bits per heavy atom. The molecule has 0 unspecified atom stereocenters. The molecule has 1 aromatic carbocycles. The molecule has 5 nitrogen and oxygen atoms in total. The number of fused-ring (bicyclic) bond motifs is 1. The minimum Gasteiger partial charge on any atom is -0.465 e. The highest BCUT2D eigenvalue weighted by Gasteiger charge is 2.08. The zero-order valence-electron chi connectivity index (χ0n) is 8.51. The lowest BCUT2D eigenvalue weighted by Gasteiger charge is -1.97. The lowest BCUT2D eigenvalue weighted by Crippen LogP contribution is -1.99. The Bertz CT molecular complexity index is 556. The Balaban J connectivity index is 2.49. The van der Waals surface area contributed by atoms with E-state index in [4.69, 9.17) is 9.62 Å². The van der Waals surface area contributed by atoms with Crippen LogP contribution in [0.3, 0.4) is 0 Å². The van der Waals surface area contributed by atoms with Gasteiger partial charge in [0.1, 0.15) is 17.6 Å². The number of nitrogens with zero attached hydrogens (tertiary/aromatic N) is 1. The fourth-order valence-electron chi connectivity index (χ4n) is 1.43. The van der Waals surface area contributed by atoms with Crippen molar-refractivity contribution >= 4 is 23.2 Å². The van der Waals surface area contributed by atoms with Crippen molar-refractivity contribution in [1.29, 1.82) is 0 Å². The van der Waals surface area contributed by atoms with Crippen LogP contribution >= 0.6 is 0 Å². The van der Waals surface area contributed by atoms with Crippen molar-refractivity contribution in [3.05, 3.63) is 35.6 Å². The smallest absolute Gasteiger partial charge is 0.337 e. The van der Waals surface area contributed by atoms with E-state index in [1.807, 2.05) is 0 Å². The number of esters is 1. The van der Waals surface area contributed by atoms with Crippen LogP contribution in [0.2, 0.25) is 0 Å². The van der Waals surface area contributed by atoms with E-state index in [0.29, 0.717) is 16.9 Å². The van der Waals surface area contributed by atoms with Crippen LogP contribution in [0.25, 0.3) is 11.0 Å². The second-order valence-electron chi connectivity index (χ2n) is 3.14. The van der Waals surface area contributed by atoms with E-state index >= 15 is 0 Å². The molecule has 0 aliphatic carbocycles. The van der Waals surface area contributed by atoms with Crippen LogP contribution in [-0.4, -0.2) is 24.5 Å². The average molecular weight is 219 g/mol. The van der Waals surface area contributed by atoms with Crippen LogP contribution in [0, 0.1) is 0 Å². The van der Waals surface area contributed by atoms with Crippen molar-refractivity contribution in [3.63, 3.8) is 0 Å². The summed E-state index contributed by atoms with van der Waals surface area (Å²) in [4.78, 5) is 11.3. The standard InChI is InChI=1S/C11H9NO4/c1-15-11(13)7-2-3-10-8(4-7)5-9(16-10)6-12-14/h2-6,14H,1H3. The van der Waals surface area contributed by atoms with Gasteiger partial charge in [-0.2, -0.15) is 0 Å². The minimum absolute atomic E-state index is 0.402. The van der Waals surface area contributed by atoms with E-state index in [2.05, 4.69) is 9.89 Å². The molecule has 0 saturated heterocycles. The summed E-state index contributed by atoms with van der Waals surface area (Å²) in [5.74, 6) is 0.0139. The number of hydrogen-bond donors (Lipinski definition) is 1. The molecule has 16 heavy (non-hydrogen) atoms. The number of furan rings is 1. The molecule has 1 aromatic heterocycles. The van der Waals surface area contributed by atoms with Gasteiger partial charge in [-0.15, -0.1) is 0 Å². The largest absolute Gasteiger partial charge is 0.465 e. The van der Waals surface area contributed by atoms with Gasteiger partial charge >= 0.3 is 5.97 Å². The summed E-state index contributed by atoms with van der Waals surface area (Å²) >= 11 is 0. The van der Waals surface area contributed by atoms with Gasteiger partial charge in [0.05, 0.1) is 12.7 Å². The lowest BCUT2D eigenvalue weighted by molar-refractivity contribution is 0.0601. The number of hydrogen-bond acceptors (Lipinski definition) is 5. The topological polar surface area (TPSA) is 72.0 Å². The van der Waals surface area contributed by atoms with Gasteiger partial charge < -0.3 is 14.4 Å². The van der Waals surface area contributed by atoms with Crippen LogP contribution in [0.15, 0.2) is 33.8 Å². The first kappa shape index (κ1) is 10.2. The third-order valence-electron chi connectivity index (χ3n) is 2.14. The molecule has 2 rings (SSSR count). The molecule has 0 amide bonds. The number of benzene rings is 1. The first-order valence-electron chi connectivity index (χ1n) is 4.54. The van der Waals surface area contributed by atoms with Crippen LogP contribution in [-0.2, 0) is 4.74 Å². The lowest BCUT2D eigenvalue weighted by atomic mass is 10.1. The summed E-state index contributed by atoms with van der Waals surface area (Å²) < 4.78 is 9.92. The van der Waals surface area contributed by atoms with Crippen molar-refractivity contribution in [2.24, 2.45) is 5.16 Å². The van der Waals surface area contributed by atoms with E-state index in [0.717, 1.165) is 5.39 Å². The number of carbonyl (C=O) groups excluding carboxylic acids is 1. The molecular formula is C11H9NO4. The molecule has 5 heteroatoms. The molecule has 0 spiro atoms. The van der Waals surface area contributed by atoms with Gasteiger partial charge in [0.15, 0.2) is 0 Å². The SMILES string of the molecule is COC(=O)c1ccc2oc(C=NO)cc2c1. The molecule has 82 valence electrons. The van der Waals surface area contributed by atoms with Gasteiger partial charge in [0.25, 0.3) is 0 Å². The Hall–Kier alpha value is -2.30. The fraction of sp³-hybridized carbons (Fsp3) is 0.0909. The molecule has 0 radical (unpaired) electrons. The summed E-state index contributed by atoms with van der Waals surface area (Å²) in [7, 11) is 1.33. The van der Waals surface area contributed by atoms with Crippen molar-refractivity contribution in [3.8, 4) is 0 Å². The summed E-state index contributed by atoms with van der Waals surface area (Å²) in [6.45, 7) is 0. The van der Waals surface area contributed by atoms with Crippen LogP contribution in [0.1, 0.15) is 16.1 Å². The van der Waals surface area contributed by atoms with Crippen molar-refractivity contribution in [1.82, 2.24) is 0 Å². The molecule has 0 fully saturated rings. The predicted octanol–water partition coefficient (Wildman–Crippen LogP) is 2.03. The van der Waals surface area contributed by atoms with E-state index in [1.165, 1.54) is 13.3 Å². The molecule has 0 atom stereocenters. The van der Waals surface area contributed by atoms with Gasteiger partial charge in [0, 0.05) is 5.39 Å². The summed E-state index contributed by atoms with van der Waals surface area (Å²) in [5, 5.41) is 12.0. The monoisotopic (exact) mass is 219 g/mol. The van der Waals surface area contributed by atoms with Gasteiger partial charge in [-0.3, -0.25) is 0 Å². The average Bonchev–Trinajstić information content (AvgIpc) is 2.69. The second-order valence-corrected chi connectivity index (χ2v) is 3.14. The van der Waals surface area contributed by atoms with Crippen LogP contribution < -0.4 is 0 Å². The minimum atomic E-state index is -0.402. The van der Waals surface area contributed by atoms with Crippen molar-refractivity contribution < 1.29 is 19.2 Å². The van der Waals surface area contributed by atoms with Gasteiger partial charge in [-0.05, 0) is 24.3 Å². The first-order chi connectivity index (χ1) is 7.74. The number of rotatable bonds is 2. The molecule has 0 saturated carbocycles. The zero-order valence-corrected chi connectivity index (χ0v) is 8.51. The zero-order chi connectivity index (χ0) is 11.5. The number of methoxy groups -OCH3 is 1. The molecule has 0 aliphatic rings. The summed E-state index contributed by atoms with van der Waals surface area (Å²) in [6.07, 6.45) is 1.18. The highest BCUT2D eigenvalue weighted by molar-refractivity contribution is 5.95. The van der Waals surface area contributed by atoms with E-state index in [-0.39, 0.29) is 0 Å². The maximum atomic E-state index is 11.3. The maximum absolute atomic E-state index is 11.3. The fourth-order valence-corrected chi connectivity index (χ4v) is 1.43. The van der Waals surface area contributed by atoms with Crippen molar-refractivity contribution in [2.45, 2.75) is 0 Å². The number of oxime groups is 1. The quantitative estimate of drug-likeness (QED) is 0.363. The molecular weight excluding hydrogens is 210 g/mol. The molecule has 0 aliphatic heterocycles. The Morgan fingerprint density at radius 2 is 2.31 bits per heavy atom. The third-order valence-corrected chi connectivity index (χ3v) is 2.14. The van der Waals surface area contributed by atoms with Crippen molar-refractivity contribution in [2.75, 3.05) is 7.11 Å². The first-order valence-corrected chi connectivity index (χ1v) is 4.54. The van der Waals surface area contributed by atoms with E-state index in [1.54, 1.807) is 24.3 Å². The van der Waals surface area contributed by atoms with E-state index < -0.39 is 5.97 Å². The van der Waals surface area contributed by atoms with Crippen LogP contribution in [0.5, 0.6) is 0 Å². The maximum Gasteiger partial charge on any atom is 0.337 e. The van der Waals surface area contributed by atoms with Gasteiger partial charge in [-0.1, -0.05) is 5.16 Å². The molecule has 1 heterocycles. The Kier molecular flexibility index (Phi) is 2.59. The van der Waals surface area contributed by atoms with Crippen LogP contribution in [0.4, 0.5) is 0 Å². The number of ether oxygens (including phenoxy) is 1. The predicted molar refractivity (Wildman–Crippen MR) is 56.9 cm³/mol. The molecule has 2 aromatic rings. The highest BCUT2D eigenvalue weighted by Crippen LogP contribution is 2.20. The number of carbonyl (C=O) groups is 1. The summed E-state index contributed by atoms with van der Waals surface area (Å²) in [5.41, 5.74) is 1.06.